The number of carbonyl (C=O) groups is 8. The van der Waals surface area contributed by atoms with Gasteiger partial charge >= 0.3 is 47.8 Å². The van der Waals surface area contributed by atoms with Gasteiger partial charge in [-0.15, -0.1) is 0 Å². The smallest absolute Gasteiger partial charge is 0.306 e. The highest BCUT2D eigenvalue weighted by Gasteiger charge is 2.61. The highest BCUT2D eigenvalue weighted by atomic mass is 32.2. The first kappa shape index (κ1) is 117. The fraction of sp³-hybridized carbons (Fsp3) is 0.900. The quantitative estimate of drug-likeness (QED) is 0.0154. The van der Waals surface area contributed by atoms with Gasteiger partial charge in [0.15, 0.2) is 50.3 Å². The minimum atomic E-state index is -2.25. The zero-order valence-electron chi connectivity index (χ0n) is 75.5. The first-order valence-electron chi connectivity index (χ1n) is 43.6. The molecule has 56 heteroatoms. The Labute approximate surface area is 816 Å². The molecule has 0 amide bonds. The van der Waals surface area contributed by atoms with E-state index in [0.29, 0.717) is 0 Å². The van der Waals surface area contributed by atoms with Gasteiger partial charge in [-0.2, -0.15) is 94.1 Å². The summed E-state index contributed by atoms with van der Waals surface area (Å²) in [5, 5.41) is 198. The van der Waals surface area contributed by atoms with E-state index in [0.717, 1.165) is 151 Å². The van der Waals surface area contributed by atoms with Crippen LogP contribution in [0.3, 0.4) is 0 Å². The van der Waals surface area contributed by atoms with E-state index in [1.54, 1.807) is 0 Å². The minimum absolute atomic E-state index is 0.0146. The number of aliphatic hydroxyl groups excluding tert-OH is 16. The fourth-order valence-electron chi connectivity index (χ4n) is 15.5. The summed E-state index contributed by atoms with van der Waals surface area (Å²) in [5.41, 5.74) is 0. The second kappa shape index (κ2) is 58.6. The highest BCUT2D eigenvalue weighted by molar-refractivity contribution is 8.00. The van der Waals surface area contributed by atoms with Crippen LogP contribution in [0.1, 0.15) is 51.4 Å². The summed E-state index contributed by atoms with van der Waals surface area (Å²) in [6, 6.07) is 0. The first-order chi connectivity index (χ1) is 65.0. The monoisotopic (exact) mass is 2110 g/mol. The molecule has 30 aliphatic heterocycles. The summed E-state index contributed by atoms with van der Waals surface area (Å²) in [7, 11) is 9.23. The van der Waals surface area contributed by atoms with Crippen LogP contribution in [-0.2, 0) is 152 Å². The number of hydrogen-bond acceptors (Lipinski definition) is 56. The summed E-state index contributed by atoms with van der Waals surface area (Å²) in [6.45, 7) is 0. The molecule has 30 heterocycles. The molecule has 0 radical (unpaired) electrons. The van der Waals surface area contributed by atoms with E-state index in [9.17, 15) is 120 Å². The summed E-state index contributed by atoms with van der Waals surface area (Å²) in [5.74, 6) is -7.18. The van der Waals surface area contributed by atoms with Crippen molar-refractivity contribution >= 4 is 142 Å². The minimum Gasteiger partial charge on any atom is -0.469 e. The molecule has 0 aromatic carbocycles. The standard InChI is InChI=1S/C80H128O48S8/c1-105-41(81)9-17-129-25-33-65-49(89)57(97)73(113-33)122-66-34(26-130-18-10-42(82)106-2)115-75(59(99)51(66)91)124-68-36(28-132-20-12-44(84)108-4)117-77(61(101)53(68)93)126-70-38(30-134-22-14-46(86)110-6)119-79(63(103)55(70)95)128-72-40(32-136-24-16-48(88)112-8)120-80(64(104)56(72)96)127-71-39(31-135-23-15-47(87)111-7)118-78(62(102)54(71)94)125-69-37(29-133-21-13-45(85)109-5)116-76(60(100)52(69)92)123-67-35(27-131-19-11-43(83)107-3)114-74(121-65)58(98)50(67)90/h33-40,49-80,89-104H,9-32H2,1-8H3/t33-,34-,35-,36-,37-,38-,39-,40-,49-,50-,51-,52?,53?,54?,55?,56-,57-,58-,59-,60-,61-,62-,63-,64-,65-,66-,67-,68-,69-,70-,71-,72-,73+,74-,75+,76-,77-,78-,79-,80-/m1/s1. The number of carbonyl (C=O) groups excluding carboxylic acids is 8. The van der Waals surface area contributed by atoms with E-state index in [-0.39, 0.29) is 143 Å². The van der Waals surface area contributed by atoms with Crippen molar-refractivity contribution in [1.29, 1.82) is 0 Å². The van der Waals surface area contributed by atoms with Gasteiger partial charge in [0.2, 0.25) is 0 Å². The second-order valence-electron chi connectivity index (χ2n) is 32.2. The fourth-order valence-corrected chi connectivity index (χ4v) is 23.3. The van der Waals surface area contributed by atoms with Crippen LogP contribution in [0, 0.1) is 0 Å². The maximum Gasteiger partial charge on any atom is 0.306 e. The van der Waals surface area contributed by atoms with Crippen LogP contribution in [0.2, 0.25) is 0 Å². The van der Waals surface area contributed by atoms with Gasteiger partial charge in [-0.25, -0.2) is 0 Å². The van der Waals surface area contributed by atoms with Crippen molar-refractivity contribution in [2.24, 2.45) is 0 Å². The van der Waals surface area contributed by atoms with Gasteiger partial charge in [0.1, 0.15) is 146 Å². The Morgan fingerprint density at radius 3 is 0.353 bits per heavy atom. The lowest BCUT2D eigenvalue weighted by atomic mass is 9.95. The highest BCUT2D eigenvalue weighted by Crippen LogP contribution is 2.43. The molecule has 0 aliphatic carbocycles. The van der Waals surface area contributed by atoms with Crippen molar-refractivity contribution in [3.8, 4) is 0 Å². The van der Waals surface area contributed by atoms with Gasteiger partial charge in [0.05, 0.1) is 157 Å². The van der Waals surface area contributed by atoms with Gasteiger partial charge in [0, 0.05) is 92.0 Å². The van der Waals surface area contributed by atoms with Crippen LogP contribution in [0.25, 0.3) is 0 Å². The third-order valence-electron chi connectivity index (χ3n) is 23.1. The average Bonchev–Trinajstić information content (AvgIpc) is 0.768. The predicted octanol–water partition coefficient (Wildman–Crippen LogP) is -6.97. The molecule has 40 atom stereocenters. The van der Waals surface area contributed by atoms with E-state index in [4.69, 9.17) is 114 Å². The van der Waals surface area contributed by atoms with Crippen molar-refractivity contribution in [3.05, 3.63) is 0 Å². The van der Waals surface area contributed by atoms with E-state index >= 15 is 0 Å². The lowest BCUT2D eigenvalue weighted by Crippen LogP contribution is -2.69. The zero-order chi connectivity index (χ0) is 99.3. The summed E-state index contributed by atoms with van der Waals surface area (Å²) >= 11 is 8.18. The number of rotatable bonds is 40. The first-order valence-corrected chi connectivity index (χ1v) is 52.8. The van der Waals surface area contributed by atoms with Gasteiger partial charge in [-0.05, 0) is 0 Å². The molecule has 0 aromatic heterocycles. The van der Waals surface area contributed by atoms with E-state index in [2.05, 4.69) is 0 Å². The SMILES string of the molecule is COC(=O)CCSC[C@H]1O[C@H]2O[C@H]3[C@H](O)[C@@H](O)[C@@H](O[C@@H]3CSCCC(=O)OC)O[C@H]3C(O)[C@@H](O)[C@H](O[C@@H]3CSCCC(=O)OC)O[C@H]3C(O)[C@@H](O)[C@@H](O[C@H]4[C@H](O)[C@@H](O)[C@H](O[C@@H]4CSCCC(=O)OC)O[C@H]4C(O)[C@@H](O)[C@H](O[C@@H]4CSCCC(=O)OC)O[C@H]4C(O)[C@@H](O)[C@@H](O[C@H]5[C@H](O)[C@@H](O)[C@@H](O[C@H]1[C@H](O)[C@H]2O)O[C@@H]5CSCCC(=O)OC)O[C@@H]4CSCCC(=O)OC)O[C@@H]3CSCCC(=O)OC. The van der Waals surface area contributed by atoms with E-state index in [1.807, 2.05) is 0 Å². The Morgan fingerprint density at radius 2 is 0.265 bits per heavy atom. The molecule has 0 spiro atoms. The number of methoxy groups -OCH3 is 8. The average molecular weight is 2110 g/mol. The molecule has 30 saturated heterocycles. The van der Waals surface area contributed by atoms with Crippen LogP contribution >= 0.6 is 94.1 Å². The molecular weight excluding hydrogens is 1990 g/mol. The zero-order valence-corrected chi connectivity index (χ0v) is 82.1. The maximum absolute atomic E-state index is 12.5. The number of aliphatic hydroxyl groups is 16. The topological polar surface area (TPSA) is 682 Å². The van der Waals surface area contributed by atoms with Crippen LogP contribution in [0.4, 0.5) is 0 Å². The third kappa shape index (κ3) is 32.6. The number of hydrogen-bond donors (Lipinski definition) is 16. The van der Waals surface area contributed by atoms with Gasteiger partial charge in [-0.3, -0.25) is 38.4 Å². The van der Waals surface area contributed by atoms with Crippen molar-refractivity contribution in [2.45, 2.75) is 297 Å². The van der Waals surface area contributed by atoms with Crippen LogP contribution < -0.4 is 0 Å². The summed E-state index contributed by atoms with van der Waals surface area (Å²) in [4.78, 5) is 99.8. The molecule has 30 aliphatic rings. The molecule has 136 heavy (non-hydrogen) atoms. The van der Waals surface area contributed by atoms with Crippen molar-refractivity contribution in [2.75, 3.05) is 149 Å². The molecule has 16 bridgehead atoms. The Kier molecular flexibility index (Phi) is 50.3. The van der Waals surface area contributed by atoms with Gasteiger partial charge < -0.3 is 195 Å². The number of ether oxygens (including phenoxy) is 24. The van der Waals surface area contributed by atoms with Crippen molar-refractivity contribution in [3.63, 3.8) is 0 Å². The molecule has 30 fully saturated rings. The van der Waals surface area contributed by atoms with Gasteiger partial charge in [0.25, 0.3) is 0 Å². The Balaban J connectivity index is 1.13. The normalized spacial score (nSPS) is 39.6. The number of thioether (sulfide) groups is 8. The van der Waals surface area contributed by atoms with Crippen molar-refractivity contribution in [1.82, 2.24) is 0 Å². The summed E-state index contributed by atoms with van der Waals surface area (Å²) < 4.78 is 141. The lowest BCUT2D eigenvalue weighted by molar-refractivity contribution is -0.396. The molecular formula is C80H128O48S8. The van der Waals surface area contributed by atoms with E-state index < -0.39 is 293 Å². The Morgan fingerprint density at radius 1 is 0.169 bits per heavy atom. The summed E-state index contributed by atoms with van der Waals surface area (Å²) in [6.07, 6.45) is -80.5. The largest absolute Gasteiger partial charge is 0.469 e. The molecule has 30 rings (SSSR count). The number of esters is 8. The molecule has 0 aromatic rings. The van der Waals surface area contributed by atoms with Crippen LogP contribution in [-0.4, -0.2) is 524 Å². The maximum atomic E-state index is 12.5. The second-order valence-corrected chi connectivity index (χ2v) is 41.4. The molecule has 0 saturated carbocycles. The molecule has 784 valence electrons. The Hall–Kier alpha value is -2.72. The van der Waals surface area contributed by atoms with Gasteiger partial charge in [-0.1, -0.05) is 0 Å². The molecule has 4 unspecified atom stereocenters. The van der Waals surface area contributed by atoms with E-state index in [1.165, 1.54) is 0 Å². The lowest BCUT2D eigenvalue weighted by Gasteiger charge is -2.51. The molecule has 16 N–H and O–H groups in total. The Bertz CT molecular complexity index is 2960. The predicted molar refractivity (Wildman–Crippen MR) is 476 cm³/mol. The molecule has 48 nitrogen and oxygen atoms in total. The van der Waals surface area contributed by atoms with Crippen molar-refractivity contribution < 1.29 is 234 Å². The van der Waals surface area contributed by atoms with Crippen LogP contribution in [0.15, 0.2) is 0 Å². The third-order valence-corrected chi connectivity index (χ3v) is 31.6. The van der Waals surface area contributed by atoms with Crippen LogP contribution in [0.5, 0.6) is 0 Å².